The molecule has 0 bridgehead atoms. The number of halogens is 2. The van der Waals surface area contributed by atoms with Crippen LogP contribution >= 0.6 is 39.7 Å². The molecule has 0 radical (unpaired) electrons. The molecule has 1 saturated carbocycles. The number of nitrogens with two attached hydrogens (primary N) is 1. The van der Waals surface area contributed by atoms with E-state index in [9.17, 15) is 4.79 Å². The summed E-state index contributed by atoms with van der Waals surface area (Å²) < 4.78 is 0.666. The lowest BCUT2D eigenvalue weighted by molar-refractivity contribution is 0.0916. The Bertz CT molecular complexity index is 557. The Hall–Kier alpha value is -0.650. The van der Waals surface area contributed by atoms with Gasteiger partial charge in [0.2, 0.25) is 0 Å². The van der Waals surface area contributed by atoms with E-state index in [2.05, 4.69) is 21.2 Å². The molecule has 0 saturated heterocycles. The molecule has 21 heavy (non-hydrogen) atoms. The van der Waals surface area contributed by atoms with Crippen LogP contribution in [0.15, 0.2) is 22.7 Å². The highest BCUT2D eigenvalue weighted by Crippen LogP contribution is 2.29. The fourth-order valence-corrected chi connectivity index (χ4v) is 3.84. The predicted molar refractivity (Wildman–Crippen MR) is 93.8 cm³/mol. The molecule has 2 rings (SSSR count). The van der Waals surface area contributed by atoms with Gasteiger partial charge in [0.05, 0.1) is 16.1 Å². The van der Waals surface area contributed by atoms with Gasteiger partial charge in [0.25, 0.3) is 5.91 Å². The third kappa shape index (κ3) is 3.96. The van der Waals surface area contributed by atoms with Crippen molar-refractivity contribution in [2.75, 3.05) is 0 Å². The van der Waals surface area contributed by atoms with E-state index >= 15 is 0 Å². The molecule has 0 atom stereocenters. The fourth-order valence-electron chi connectivity index (χ4n) is 2.72. The monoisotopic (exact) mass is 388 g/mol. The molecule has 0 spiro atoms. The zero-order chi connectivity index (χ0) is 15.5. The fraction of sp³-hybridized carbons (Fsp3) is 0.467. The summed E-state index contributed by atoms with van der Waals surface area (Å²) in [5.41, 5.74) is 5.92. The summed E-state index contributed by atoms with van der Waals surface area (Å²) in [6.07, 6.45) is 5.98. The number of nitrogens with one attached hydrogen (secondary N) is 1. The lowest BCUT2D eigenvalue weighted by Gasteiger charge is -2.33. The smallest absolute Gasteiger partial charge is 0.253 e. The third-order valence-corrected chi connectivity index (χ3v) is 5.24. The van der Waals surface area contributed by atoms with E-state index in [1.54, 1.807) is 18.2 Å². The number of hydrogen-bond donors (Lipinski definition) is 2. The van der Waals surface area contributed by atoms with Crippen molar-refractivity contribution in [1.29, 1.82) is 0 Å². The number of amides is 1. The van der Waals surface area contributed by atoms with Crippen LogP contribution < -0.4 is 11.1 Å². The zero-order valence-corrected chi connectivity index (χ0v) is 14.8. The van der Waals surface area contributed by atoms with E-state index < -0.39 is 5.54 Å². The van der Waals surface area contributed by atoms with Gasteiger partial charge in [-0.05, 0) is 47.0 Å². The van der Waals surface area contributed by atoms with Crippen LogP contribution in [0.2, 0.25) is 5.02 Å². The molecule has 0 aromatic heterocycles. The van der Waals surface area contributed by atoms with Crippen LogP contribution in [0, 0.1) is 0 Å². The van der Waals surface area contributed by atoms with Gasteiger partial charge < -0.3 is 11.1 Å². The van der Waals surface area contributed by atoms with Crippen LogP contribution in [-0.4, -0.2) is 16.4 Å². The number of hydrogen-bond acceptors (Lipinski definition) is 2. The van der Waals surface area contributed by atoms with Crippen molar-refractivity contribution >= 4 is 50.6 Å². The molecule has 0 unspecified atom stereocenters. The van der Waals surface area contributed by atoms with Crippen molar-refractivity contribution in [3.63, 3.8) is 0 Å². The summed E-state index contributed by atoms with van der Waals surface area (Å²) in [6.45, 7) is 0. The SMILES string of the molecule is NC(=S)C1(NC(=O)c2ccc(Cl)cc2Br)CCCCCC1. The van der Waals surface area contributed by atoms with Gasteiger partial charge in [-0.15, -0.1) is 0 Å². The van der Waals surface area contributed by atoms with Crippen molar-refractivity contribution in [2.45, 2.75) is 44.1 Å². The second-order valence-electron chi connectivity index (χ2n) is 5.44. The van der Waals surface area contributed by atoms with Gasteiger partial charge in [-0.2, -0.15) is 0 Å². The van der Waals surface area contributed by atoms with Gasteiger partial charge in [-0.25, -0.2) is 0 Å². The second-order valence-corrected chi connectivity index (χ2v) is 7.17. The van der Waals surface area contributed by atoms with Gasteiger partial charge in [0, 0.05) is 9.50 Å². The van der Waals surface area contributed by atoms with E-state index in [1.165, 1.54) is 0 Å². The number of thiocarbonyl (C=S) groups is 1. The van der Waals surface area contributed by atoms with Gasteiger partial charge >= 0.3 is 0 Å². The average Bonchev–Trinajstić information content (AvgIpc) is 2.65. The summed E-state index contributed by atoms with van der Waals surface area (Å²) in [5.74, 6) is -0.173. The van der Waals surface area contributed by atoms with E-state index in [1.807, 2.05) is 0 Å². The average molecular weight is 390 g/mol. The second kappa shape index (κ2) is 7.07. The van der Waals surface area contributed by atoms with Crippen molar-refractivity contribution < 1.29 is 4.79 Å². The largest absolute Gasteiger partial charge is 0.391 e. The predicted octanol–water partition coefficient (Wildman–Crippen LogP) is 4.21. The molecule has 1 aromatic carbocycles. The molecule has 3 nitrogen and oxygen atoms in total. The molecule has 3 N–H and O–H groups in total. The summed E-state index contributed by atoms with van der Waals surface area (Å²) in [5, 5.41) is 3.65. The van der Waals surface area contributed by atoms with E-state index in [0.717, 1.165) is 38.5 Å². The number of carbonyl (C=O) groups excluding carboxylic acids is 1. The molecule has 1 aromatic rings. The minimum atomic E-state index is -0.567. The van der Waals surface area contributed by atoms with Crippen LogP contribution in [0.1, 0.15) is 48.9 Å². The van der Waals surface area contributed by atoms with Crippen molar-refractivity contribution in [1.82, 2.24) is 5.32 Å². The quantitative estimate of drug-likeness (QED) is 0.601. The van der Waals surface area contributed by atoms with Crippen molar-refractivity contribution in [2.24, 2.45) is 5.73 Å². The first-order valence-corrected chi connectivity index (χ1v) is 8.60. The molecule has 0 heterocycles. The Morgan fingerprint density at radius 2 is 1.90 bits per heavy atom. The van der Waals surface area contributed by atoms with E-state index in [4.69, 9.17) is 29.6 Å². The standard InChI is InChI=1S/C15H18BrClN2OS/c16-12-9-10(17)5-6-11(12)13(20)19-15(14(18)21)7-3-1-2-4-8-15/h5-6,9H,1-4,7-8H2,(H2,18,21)(H,19,20). The Morgan fingerprint density at radius 3 is 2.43 bits per heavy atom. The summed E-state index contributed by atoms with van der Waals surface area (Å²) >= 11 is 14.5. The van der Waals surface area contributed by atoms with Gasteiger partial charge in [0.15, 0.2) is 0 Å². The molecular formula is C15H18BrClN2OS. The molecule has 0 aliphatic heterocycles. The third-order valence-electron chi connectivity index (χ3n) is 3.96. The highest BCUT2D eigenvalue weighted by molar-refractivity contribution is 9.10. The molecular weight excluding hydrogens is 372 g/mol. The van der Waals surface area contributed by atoms with Crippen molar-refractivity contribution in [3.8, 4) is 0 Å². The van der Waals surface area contributed by atoms with Crippen LogP contribution in [0.3, 0.4) is 0 Å². The molecule has 6 heteroatoms. The highest BCUT2D eigenvalue weighted by Gasteiger charge is 2.36. The lowest BCUT2D eigenvalue weighted by atomic mass is 9.89. The summed E-state index contributed by atoms with van der Waals surface area (Å²) in [6, 6.07) is 5.10. The zero-order valence-electron chi connectivity index (χ0n) is 11.6. The Balaban J connectivity index is 2.24. The summed E-state index contributed by atoms with van der Waals surface area (Å²) in [7, 11) is 0. The first-order chi connectivity index (χ1) is 9.94. The van der Waals surface area contributed by atoms with Gasteiger partial charge in [0.1, 0.15) is 0 Å². The van der Waals surface area contributed by atoms with Crippen LogP contribution in [0.25, 0.3) is 0 Å². The Labute approximate surface area is 143 Å². The minimum absolute atomic E-state index is 0.173. The molecule has 1 fully saturated rings. The minimum Gasteiger partial charge on any atom is -0.391 e. The first-order valence-electron chi connectivity index (χ1n) is 7.02. The van der Waals surface area contributed by atoms with Crippen LogP contribution in [-0.2, 0) is 0 Å². The van der Waals surface area contributed by atoms with Crippen molar-refractivity contribution in [3.05, 3.63) is 33.3 Å². The van der Waals surface area contributed by atoms with Gasteiger partial charge in [-0.1, -0.05) is 49.5 Å². The summed E-state index contributed by atoms with van der Waals surface area (Å²) in [4.78, 5) is 12.9. The van der Waals surface area contributed by atoms with E-state index in [0.29, 0.717) is 20.0 Å². The maximum atomic E-state index is 12.6. The molecule has 1 aliphatic rings. The first kappa shape index (κ1) is 16.7. The Morgan fingerprint density at radius 1 is 1.29 bits per heavy atom. The molecule has 1 aliphatic carbocycles. The normalized spacial score (nSPS) is 17.8. The topological polar surface area (TPSA) is 55.1 Å². The maximum absolute atomic E-state index is 12.6. The van der Waals surface area contributed by atoms with E-state index in [-0.39, 0.29) is 5.91 Å². The van der Waals surface area contributed by atoms with Crippen LogP contribution in [0.5, 0.6) is 0 Å². The number of carbonyl (C=O) groups is 1. The van der Waals surface area contributed by atoms with Crippen LogP contribution in [0.4, 0.5) is 0 Å². The Kier molecular flexibility index (Phi) is 5.63. The lowest BCUT2D eigenvalue weighted by Crippen LogP contribution is -2.56. The number of benzene rings is 1. The van der Waals surface area contributed by atoms with Gasteiger partial charge in [-0.3, -0.25) is 4.79 Å². The maximum Gasteiger partial charge on any atom is 0.253 e. The molecule has 114 valence electrons. The highest BCUT2D eigenvalue weighted by atomic mass is 79.9. The number of rotatable bonds is 3. The molecule has 1 amide bonds.